The van der Waals surface area contributed by atoms with Crippen molar-refractivity contribution in [2.75, 3.05) is 26.3 Å². The van der Waals surface area contributed by atoms with Crippen LogP contribution in [-0.4, -0.2) is 26.8 Å². The lowest BCUT2D eigenvalue weighted by atomic mass is 9.91. The van der Waals surface area contributed by atoms with Crippen molar-refractivity contribution in [1.29, 1.82) is 0 Å². The third kappa shape index (κ3) is 2.31. The van der Waals surface area contributed by atoms with Crippen molar-refractivity contribution in [3.05, 3.63) is 41.5 Å². The van der Waals surface area contributed by atoms with E-state index in [4.69, 9.17) is 18.9 Å². The number of carbonyl (C=O) groups excluding carboxylic acids is 1. The first kappa shape index (κ1) is 14.7. The number of ether oxygens (including phenoxy) is 4. The summed E-state index contributed by atoms with van der Waals surface area (Å²) in [6, 6.07) is 8.92. The monoisotopic (exact) mass is 327 g/mol. The second-order valence-corrected chi connectivity index (χ2v) is 5.68. The number of hydrogen-bond donors (Lipinski definition) is 1. The van der Waals surface area contributed by atoms with E-state index in [0.717, 1.165) is 17.0 Å². The van der Waals surface area contributed by atoms with Crippen LogP contribution in [0.15, 0.2) is 30.3 Å². The van der Waals surface area contributed by atoms with E-state index < -0.39 is 0 Å². The maximum Gasteiger partial charge on any atom is 0.231 e. The van der Waals surface area contributed by atoms with Gasteiger partial charge < -0.3 is 24.3 Å². The van der Waals surface area contributed by atoms with Crippen LogP contribution in [0.25, 0.3) is 0 Å². The molecule has 2 aliphatic heterocycles. The summed E-state index contributed by atoms with van der Waals surface area (Å²) in [6.45, 7) is 0.180. The van der Waals surface area contributed by atoms with Crippen molar-refractivity contribution in [2.45, 2.75) is 12.5 Å². The Bertz CT molecular complexity index is 817. The van der Waals surface area contributed by atoms with E-state index in [-0.39, 0.29) is 18.6 Å². The normalized spacial score (nSPS) is 17.9. The molecule has 1 N–H and O–H groups in total. The molecule has 2 aromatic carbocycles. The Kier molecular flexibility index (Phi) is 3.45. The lowest BCUT2D eigenvalue weighted by Gasteiger charge is -2.28. The summed E-state index contributed by atoms with van der Waals surface area (Å²) >= 11 is 0. The smallest absolute Gasteiger partial charge is 0.231 e. The molecule has 6 heteroatoms. The van der Waals surface area contributed by atoms with Gasteiger partial charge in [-0.3, -0.25) is 4.79 Å². The zero-order valence-electron chi connectivity index (χ0n) is 13.4. The van der Waals surface area contributed by atoms with Gasteiger partial charge in [0.25, 0.3) is 0 Å². The number of Topliss-reactive ketones (excluding diaryl/α,β-unsaturated/α-hetero) is 1. The molecule has 124 valence electrons. The highest BCUT2D eigenvalue weighted by Gasteiger charge is 2.30. The molecule has 0 aliphatic carbocycles. The van der Waals surface area contributed by atoms with Crippen LogP contribution >= 0.6 is 0 Å². The molecule has 2 aliphatic rings. The van der Waals surface area contributed by atoms with Crippen LogP contribution in [0.2, 0.25) is 0 Å². The zero-order valence-corrected chi connectivity index (χ0v) is 13.4. The van der Waals surface area contributed by atoms with Crippen LogP contribution in [0.1, 0.15) is 28.4 Å². The van der Waals surface area contributed by atoms with E-state index in [1.807, 2.05) is 24.3 Å². The van der Waals surface area contributed by atoms with Crippen LogP contribution in [0.3, 0.4) is 0 Å². The summed E-state index contributed by atoms with van der Waals surface area (Å²) in [7, 11) is 3.23. The van der Waals surface area contributed by atoms with Crippen molar-refractivity contribution in [2.24, 2.45) is 0 Å². The number of hydrogen-bond acceptors (Lipinski definition) is 6. The average molecular weight is 327 g/mol. The third-order valence-corrected chi connectivity index (χ3v) is 4.34. The van der Waals surface area contributed by atoms with Gasteiger partial charge in [-0.1, -0.05) is 0 Å². The molecule has 24 heavy (non-hydrogen) atoms. The second kappa shape index (κ2) is 5.63. The molecule has 2 heterocycles. The number of ketones is 1. The number of rotatable bonds is 3. The first-order valence-corrected chi connectivity index (χ1v) is 7.65. The predicted molar refractivity (Wildman–Crippen MR) is 87.4 cm³/mol. The van der Waals surface area contributed by atoms with Crippen LogP contribution < -0.4 is 24.3 Å². The number of fused-ring (bicyclic) bond motifs is 2. The molecule has 0 fully saturated rings. The molecule has 0 amide bonds. The molecule has 0 saturated heterocycles. The summed E-state index contributed by atoms with van der Waals surface area (Å²) in [5.74, 6) is 2.74. The number of carbonyl (C=O) groups is 1. The van der Waals surface area contributed by atoms with Gasteiger partial charge in [0.05, 0.1) is 20.3 Å². The predicted octanol–water partition coefficient (Wildman–Crippen LogP) is 3.17. The van der Waals surface area contributed by atoms with Crippen molar-refractivity contribution in [1.82, 2.24) is 0 Å². The molecule has 1 unspecified atom stereocenters. The number of methoxy groups -OCH3 is 2. The highest BCUT2D eigenvalue weighted by Crippen LogP contribution is 2.43. The van der Waals surface area contributed by atoms with Gasteiger partial charge in [-0.05, 0) is 24.3 Å². The Hall–Kier alpha value is -2.89. The van der Waals surface area contributed by atoms with Crippen molar-refractivity contribution in [3.63, 3.8) is 0 Å². The minimum atomic E-state index is -0.199. The summed E-state index contributed by atoms with van der Waals surface area (Å²) < 4.78 is 21.5. The number of benzene rings is 2. The van der Waals surface area contributed by atoms with E-state index >= 15 is 0 Å². The van der Waals surface area contributed by atoms with Crippen LogP contribution in [0, 0.1) is 0 Å². The van der Waals surface area contributed by atoms with E-state index in [2.05, 4.69) is 5.32 Å². The largest absolute Gasteiger partial charge is 0.497 e. The van der Waals surface area contributed by atoms with Crippen LogP contribution in [0.5, 0.6) is 23.0 Å². The van der Waals surface area contributed by atoms with Crippen LogP contribution in [-0.2, 0) is 0 Å². The fourth-order valence-corrected chi connectivity index (χ4v) is 3.13. The minimum Gasteiger partial charge on any atom is -0.497 e. The molecular formula is C18H17NO5. The Morgan fingerprint density at radius 3 is 2.62 bits per heavy atom. The number of anilines is 1. The van der Waals surface area contributed by atoms with E-state index in [1.54, 1.807) is 20.3 Å². The Morgan fingerprint density at radius 1 is 1.08 bits per heavy atom. The standard InChI is InChI=1S/C18H17NO5/c1-21-10-3-4-16(22-2)12(5-10)13-7-15(20)11-6-17-18(24-9-23-17)8-14(11)19-13/h3-6,8,13,19H,7,9H2,1-2H3. The highest BCUT2D eigenvalue weighted by molar-refractivity contribution is 6.04. The maximum absolute atomic E-state index is 12.6. The fourth-order valence-electron chi connectivity index (χ4n) is 3.13. The quantitative estimate of drug-likeness (QED) is 0.934. The van der Waals surface area contributed by atoms with E-state index in [1.165, 1.54) is 0 Å². The lowest BCUT2D eigenvalue weighted by molar-refractivity contribution is 0.0971. The molecular weight excluding hydrogens is 310 g/mol. The first-order chi connectivity index (χ1) is 11.7. The van der Waals surface area contributed by atoms with Crippen molar-refractivity contribution in [3.8, 4) is 23.0 Å². The summed E-state index contributed by atoms with van der Waals surface area (Å²) in [5.41, 5.74) is 2.25. The van der Waals surface area contributed by atoms with Gasteiger partial charge in [0, 0.05) is 29.3 Å². The van der Waals surface area contributed by atoms with E-state index in [0.29, 0.717) is 29.2 Å². The molecule has 4 rings (SSSR count). The average Bonchev–Trinajstić information content (AvgIpc) is 3.06. The second-order valence-electron chi connectivity index (χ2n) is 5.68. The molecule has 0 radical (unpaired) electrons. The first-order valence-electron chi connectivity index (χ1n) is 7.65. The van der Waals surface area contributed by atoms with Crippen molar-refractivity contribution >= 4 is 11.5 Å². The Morgan fingerprint density at radius 2 is 1.88 bits per heavy atom. The van der Waals surface area contributed by atoms with Gasteiger partial charge >= 0.3 is 0 Å². The van der Waals surface area contributed by atoms with Gasteiger partial charge in [0.2, 0.25) is 6.79 Å². The Labute approximate surface area is 139 Å². The maximum atomic E-state index is 12.6. The molecule has 0 bridgehead atoms. The zero-order chi connectivity index (χ0) is 16.7. The molecule has 0 aromatic heterocycles. The van der Waals surface area contributed by atoms with Gasteiger partial charge in [-0.15, -0.1) is 0 Å². The topological polar surface area (TPSA) is 66.0 Å². The molecule has 0 spiro atoms. The SMILES string of the molecule is COc1ccc(OC)c(C2CC(=O)c3cc4c(cc3N2)OCO4)c1. The van der Waals surface area contributed by atoms with E-state index in [9.17, 15) is 4.79 Å². The van der Waals surface area contributed by atoms with Gasteiger partial charge in [-0.2, -0.15) is 0 Å². The minimum absolute atomic E-state index is 0.0527. The highest BCUT2D eigenvalue weighted by atomic mass is 16.7. The molecule has 0 saturated carbocycles. The fraction of sp³-hybridized carbons (Fsp3) is 0.278. The molecule has 6 nitrogen and oxygen atoms in total. The van der Waals surface area contributed by atoms with Gasteiger partial charge in [0.1, 0.15) is 11.5 Å². The summed E-state index contributed by atoms with van der Waals surface area (Å²) in [5, 5.41) is 3.41. The van der Waals surface area contributed by atoms with Crippen molar-refractivity contribution < 1.29 is 23.7 Å². The summed E-state index contributed by atoms with van der Waals surface area (Å²) in [4.78, 5) is 12.6. The Balaban J connectivity index is 1.74. The molecule has 1 atom stereocenters. The van der Waals surface area contributed by atoms with Gasteiger partial charge in [0.15, 0.2) is 17.3 Å². The lowest BCUT2D eigenvalue weighted by Crippen LogP contribution is -2.23. The van der Waals surface area contributed by atoms with Crippen LogP contribution in [0.4, 0.5) is 5.69 Å². The summed E-state index contributed by atoms with van der Waals surface area (Å²) in [6.07, 6.45) is 0.330. The third-order valence-electron chi connectivity index (χ3n) is 4.34. The molecule has 2 aromatic rings. The number of nitrogens with one attached hydrogen (secondary N) is 1. The van der Waals surface area contributed by atoms with Gasteiger partial charge in [-0.25, -0.2) is 0 Å².